The van der Waals surface area contributed by atoms with Crippen LogP contribution in [0.25, 0.3) is 0 Å². The Morgan fingerprint density at radius 3 is 2.60 bits per heavy atom. The zero-order valence-electron chi connectivity index (χ0n) is 11.6. The van der Waals surface area contributed by atoms with Crippen LogP contribution in [0, 0.1) is 0 Å². The minimum Gasteiger partial charge on any atom is -0.445 e. The van der Waals surface area contributed by atoms with Gasteiger partial charge in [0.2, 0.25) is 0 Å². The average Bonchev–Trinajstić information content (AvgIpc) is 2.46. The van der Waals surface area contributed by atoms with Crippen molar-refractivity contribution >= 4 is 17.9 Å². The van der Waals surface area contributed by atoms with Crippen LogP contribution in [0.5, 0.6) is 0 Å². The number of carbonyl (C=O) groups is 1. The Morgan fingerprint density at radius 2 is 1.90 bits per heavy atom. The van der Waals surface area contributed by atoms with E-state index in [0.29, 0.717) is 12.6 Å². The maximum Gasteiger partial charge on any atom is 0.407 e. The molecule has 1 N–H and O–H groups in total. The molecule has 0 spiro atoms. The van der Waals surface area contributed by atoms with E-state index in [1.54, 1.807) is 0 Å². The maximum atomic E-state index is 11.9. The van der Waals surface area contributed by atoms with Gasteiger partial charge in [0.25, 0.3) is 0 Å². The molecule has 3 rings (SSSR count). The Labute approximate surface area is 124 Å². The quantitative estimate of drug-likeness (QED) is 0.922. The van der Waals surface area contributed by atoms with Crippen molar-refractivity contribution in [3.63, 3.8) is 0 Å². The Balaban J connectivity index is 1.44. The third-order valence-corrected chi connectivity index (χ3v) is 5.69. The lowest BCUT2D eigenvalue weighted by atomic mass is 9.95. The predicted molar refractivity (Wildman–Crippen MR) is 81.8 cm³/mol. The van der Waals surface area contributed by atoms with Crippen molar-refractivity contribution in [2.24, 2.45) is 0 Å². The summed E-state index contributed by atoms with van der Waals surface area (Å²) in [5.41, 5.74) is 1.03. The van der Waals surface area contributed by atoms with Crippen molar-refractivity contribution in [2.75, 3.05) is 0 Å². The van der Waals surface area contributed by atoms with E-state index in [1.165, 1.54) is 19.3 Å². The van der Waals surface area contributed by atoms with E-state index < -0.39 is 0 Å². The fourth-order valence-corrected chi connectivity index (χ4v) is 4.95. The molecule has 1 amide bonds. The van der Waals surface area contributed by atoms with E-state index in [0.717, 1.165) is 28.9 Å². The number of benzene rings is 1. The van der Waals surface area contributed by atoms with Crippen LogP contribution in [0.1, 0.15) is 37.7 Å². The topological polar surface area (TPSA) is 38.3 Å². The summed E-state index contributed by atoms with van der Waals surface area (Å²) < 4.78 is 5.30. The number of hydrogen-bond acceptors (Lipinski definition) is 3. The second-order valence-electron chi connectivity index (χ2n) is 5.69. The van der Waals surface area contributed by atoms with Crippen LogP contribution in [0.15, 0.2) is 30.3 Å². The number of alkyl carbamates (subject to hydrolysis) is 1. The van der Waals surface area contributed by atoms with Gasteiger partial charge in [-0.3, -0.25) is 0 Å². The Hall–Kier alpha value is -1.16. The molecule has 0 aliphatic carbocycles. The number of rotatable bonds is 3. The third-order valence-electron chi connectivity index (χ3n) is 4.07. The smallest absolute Gasteiger partial charge is 0.407 e. The zero-order chi connectivity index (χ0) is 13.8. The van der Waals surface area contributed by atoms with Crippen LogP contribution in [0.4, 0.5) is 4.79 Å². The summed E-state index contributed by atoms with van der Waals surface area (Å²) in [7, 11) is 0. The molecular weight excluding hydrogens is 270 g/mol. The normalized spacial score (nSPS) is 28.7. The lowest BCUT2D eigenvalue weighted by molar-refractivity contribution is 0.133. The summed E-state index contributed by atoms with van der Waals surface area (Å²) in [5, 5.41) is 4.52. The third kappa shape index (κ3) is 3.69. The lowest BCUT2D eigenvalue weighted by Crippen LogP contribution is -2.43. The van der Waals surface area contributed by atoms with Crippen LogP contribution in [-0.2, 0) is 11.3 Å². The number of carbonyl (C=O) groups excluding carboxylic acids is 1. The van der Waals surface area contributed by atoms with E-state index >= 15 is 0 Å². The number of amides is 1. The van der Waals surface area contributed by atoms with Gasteiger partial charge in [-0.05, 0) is 31.2 Å². The van der Waals surface area contributed by atoms with Crippen molar-refractivity contribution in [1.29, 1.82) is 0 Å². The van der Waals surface area contributed by atoms with Gasteiger partial charge >= 0.3 is 6.09 Å². The summed E-state index contributed by atoms with van der Waals surface area (Å²) in [6.45, 7) is 0.348. The highest BCUT2D eigenvalue weighted by atomic mass is 32.2. The Kier molecular flexibility index (Phi) is 4.51. The molecule has 20 heavy (non-hydrogen) atoms. The first-order valence-electron chi connectivity index (χ1n) is 7.42. The number of ether oxygens (including phenoxy) is 1. The molecule has 2 unspecified atom stereocenters. The Morgan fingerprint density at radius 1 is 1.20 bits per heavy atom. The van der Waals surface area contributed by atoms with E-state index in [2.05, 4.69) is 17.1 Å². The lowest BCUT2D eigenvalue weighted by Gasteiger charge is -2.38. The number of hydrogen-bond donors (Lipinski definition) is 1. The van der Waals surface area contributed by atoms with Gasteiger partial charge in [0.1, 0.15) is 6.61 Å². The summed E-state index contributed by atoms with van der Waals surface area (Å²) >= 11 is 2.12. The first-order valence-corrected chi connectivity index (χ1v) is 8.36. The van der Waals surface area contributed by atoms with Crippen LogP contribution in [0.2, 0.25) is 0 Å². The molecule has 2 saturated heterocycles. The van der Waals surface area contributed by atoms with Gasteiger partial charge in [-0.25, -0.2) is 4.79 Å². The van der Waals surface area contributed by atoms with Crippen LogP contribution < -0.4 is 5.32 Å². The molecule has 108 valence electrons. The standard InChI is InChI=1S/C16H21NO2S/c18-16(19-11-12-5-2-1-3-6-12)17-13-9-14-7-4-8-15(10-13)20-14/h1-3,5-6,13-15H,4,7-11H2,(H,17,18). The average molecular weight is 291 g/mol. The van der Waals surface area contributed by atoms with E-state index in [4.69, 9.17) is 4.74 Å². The second kappa shape index (κ2) is 6.53. The van der Waals surface area contributed by atoms with Crippen LogP contribution in [0.3, 0.4) is 0 Å². The SMILES string of the molecule is O=C(NC1CC2CCCC(C1)S2)OCc1ccccc1. The maximum absolute atomic E-state index is 11.9. The van der Waals surface area contributed by atoms with Gasteiger partial charge in [0.15, 0.2) is 0 Å². The summed E-state index contributed by atoms with van der Waals surface area (Å²) in [4.78, 5) is 11.9. The number of nitrogens with one attached hydrogen (secondary N) is 1. The second-order valence-corrected chi connectivity index (χ2v) is 7.29. The first-order chi connectivity index (χ1) is 9.79. The molecule has 0 saturated carbocycles. The highest BCUT2D eigenvalue weighted by molar-refractivity contribution is 8.00. The molecule has 2 aliphatic heterocycles. The molecule has 2 bridgehead atoms. The van der Waals surface area contributed by atoms with Crippen LogP contribution in [-0.4, -0.2) is 22.6 Å². The molecule has 0 aromatic heterocycles. The highest BCUT2D eigenvalue weighted by Gasteiger charge is 2.33. The zero-order valence-corrected chi connectivity index (χ0v) is 12.4. The molecule has 1 aromatic rings. The van der Waals surface area contributed by atoms with Crippen molar-refractivity contribution in [2.45, 2.75) is 55.3 Å². The molecule has 0 radical (unpaired) electrons. The molecule has 2 fully saturated rings. The van der Waals surface area contributed by atoms with Crippen molar-refractivity contribution < 1.29 is 9.53 Å². The minimum absolute atomic E-state index is 0.274. The summed E-state index contributed by atoms with van der Waals surface area (Å²) in [6, 6.07) is 10.1. The Bertz CT molecular complexity index is 439. The van der Waals surface area contributed by atoms with Crippen molar-refractivity contribution in [3.8, 4) is 0 Å². The fraction of sp³-hybridized carbons (Fsp3) is 0.562. The van der Waals surface area contributed by atoms with E-state index in [-0.39, 0.29) is 6.09 Å². The summed E-state index contributed by atoms with van der Waals surface area (Å²) in [5.74, 6) is 0. The van der Waals surface area contributed by atoms with Gasteiger partial charge < -0.3 is 10.1 Å². The molecule has 1 aromatic carbocycles. The minimum atomic E-state index is -0.274. The molecule has 2 heterocycles. The van der Waals surface area contributed by atoms with E-state index in [1.807, 2.05) is 30.3 Å². The predicted octanol–water partition coefficient (Wildman–Crippen LogP) is 3.73. The largest absolute Gasteiger partial charge is 0.445 e. The van der Waals surface area contributed by atoms with Gasteiger partial charge in [0.05, 0.1) is 0 Å². The summed E-state index contributed by atoms with van der Waals surface area (Å²) in [6.07, 6.45) is 5.89. The number of fused-ring (bicyclic) bond motifs is 2. The van der Waals surface area contributed by atoms with Gasteiger partial charge in [-0.15, -0.1) is 0 Å². The van der Waals surface area contributed by atoms with Gasteiger partial charge in [0, 0.05) is 16.5 Å². The molecule has 2 atom stereocenters. The molecule has 2 aliphatic rings. The van der Waals surface area contributed by atoms with Gasteiger partial charge in [-0.1, -0.05) is 36.8 Å². The van der Waals surface area contributed by atoms with Gasteiger partial charge in [-0.2, -0.15) is 11.8 Å². The molecular formula is C16H21NO2S. The molecule has 3 nitrogen and oxygen atoms in total. The van der Waals surface area contributed by atoms with Crippen molar-refractivity contribution in [1.82, 2.24) is 5.32 Å². The van der Waals surface area contributed by atoms with Crippen molar-refractivity contribution in [3.05, 3.63) is 35.9 Å². The monoisotopic (exact) mass is 291 g/mol. The van der Waals surface area contributed by atoms with E-state index in [9.17, 15) is 4.79 Å². The fourth-order valence-electron chi connectivity index (χ4n) is 3.11. The number of thioether (sulfide) groups is 1. The highest BCUT2D eigenvalue weighted by Crippen LogP contribution is 2.41. The molecule has 4 heteroatoms. The van der Waals surface area contributed by atoms with Crippen LogP contribution >= 0.6 is 11.8 Å². The first kappa shape index (κ1) is 13.8.